The van der Waals surface area contributed by atoms with E-state index in [1.165, 1.54) is 12.1 Å². The van der Waals surface area contributed by atoms with E-state index >= 15 is 0 Å². The quantitative estimate of drug-likeness (QED) is 0.831. The first-order chi connectivity index (χ1) is 12.7. The van der Waals surface area contributed by atoms with Crippen molar-refractivity contribution < 1.29 is 27.8 Å². The van der Waals surface area contributed by atoms with Crippen molar-refractivity contribution in [3.8, 4) is 11.5 Å². The summed E-state index contributed by atoms with van der Waals surface area (Å²) in [6.07, 6.45) is -3.71. The van der Waals surface area contributed by atoms with Crippen LogP contribution in [0.4, 0.5) is 18.9 Å². The van der Waals surface area contributed by atoms with Crippen LogP contribution < -0.4 is 14.8 Å². The zero-order valence-corrected chi connectivity index (χ0v) is 15.1. The van der Waals surface area contributed by atoms with Crippen LogP contribution in [0.25, 0.3) is 0 Å². The fraction of sp³-hybridized carbons (Fsp3) is 0.400. The van der Waals surface area contributed by atoms with Crippen LogP contribution in [0.3, 0.4) is 0 Å². The highest BCUT2D eigenvalue weighted by Gasteiger charge is 2.51. The summed E-state index contributed by atoms with van der Waals surface area (Å²) in [5.41, 5.74) is -1.56. The second kappa shape index (κ2) is 7.31. The van der Waals surface area contributed by atoms with E-state index in [0.29, 0.717) is 30.9 Å². The van der Waals surface area contributed by atoms with E-state index in [2.05, 4.69) is 5.32 Å². The molecular weight excluding hydrogens is 359 g/mol. The number of aryl methyl sites for hydroxylation is 1. The van der Waals surface area contributed by atoms with Gasteiger partial charge in [0.05, 0.1) is 13.7 Å². The zero-order chi connectivity index (χ0) is 19.7. The number of aliphatic hydroxyl groups is 1. The molecule has 1 aliphatic rings. The molecule has 0 bridgehead atoms. The van der Waals surface area contributed by atoms with Crippen molar-refractivity contribution in [1.29, 1.82) is 0 Å². The fourth-order valence-corrected chi connectivity index (χ4v) is 3.05. The van der Waals surface area contributed by atoms with Crippen LogP contribution in [-0.2, 0) is 12.0 Å². The van der Waals surface area contributed by atoms with E-state index in [0.717, 1.165) is 18.2 Å². The maximum Gasteiger partial charge on any atom is 0.421 e. The predicted octanol–water partition coefficient (Wildman–Crippen LogP) is 4.27. The van der Waals surface area contributed by atoms with Crippen LogP contribution in [0, 0.1) is 0 Å². The normalized spacial score (nSPS) is 19.3. The monoisotopic (exact) mass is 381 g/mol. The SMILES string of the molecule is COc1cccc(OC2CCc3cc(C(C)(O)C(F)(F)F)ccc3NC2)c1. The first-order valence-electron chi connectivity index (χ1n) is 8.68. The summed E-state index contributed by atoms with van der Waals surface area (Å²) < 4.78 is 50.5. The molecule has 7 heteroatoms. The molecule has 0 radical (unpaired) electrons. The lowest BCUT2D eigenvalue weighted by Crippen LogP contribution is -2.39. The Morgan fingerprint density at radius 1 is 1.11 bits per heavy atom. The highest BCUT2D eigenvalue weighted by atomic mass is 19.4. The first-order valence-corrected chi connectivity index (χ1v) is 8.68. The van der Waals surface area contributed by atoms with Crippen molar-refractivity contribution in [3.63, 3.8) is 0 Å². The molecule has 2 aromatic carbocycles. The van der Waals surface area contributed by atoms with Gasteiger partial charge in [-0.3, -0.25) is 0 Å². The molecule has 0 fully saturated rings. The summed E-state index contributed by atoms with van der Waals surface area (Å²) in [7, 11) is 1.58. The summed E-state index contributed by atoms with van der Waals surface area (Å²) in [6, 6.07) is 11.6. The summed E-state index contributed by atoms with van der Waals surface area (Å²) in [4.78, 5) is 0. The van der Waals surface area contributed by atoms with E-state index in [-0.39, 0.29) is 11.7 Å². The average molecular weight is 381 g/mol. The van der Waals surface area contributed by atoms with Gasteiger partial charge in [0.25, 0.3) is 0 Å². The smallest absolute Gasteiger partial charge is 0.421 e. The van der Waals surface area contributed by atoms with E-state index in [1.807, 2.05) is 18.2 Å². The van der Waals surface area contributed by atoms with Crippen molar-refractivity contribution >= 4 is 5.69 Å². The molecule has 1 aliphatic heterocycles. The van der Waals surface area contributed by atoms with Gasteiger partial charge in [0, 0.05) is 11.8 Å². The number of methoxy groups -OCH3 is 1. The standard InChI is InChI=1S/C20H22F3NO3/c1-19(25,20(21,22)23)14-7-9-18-13(10-14)6-8-17(12-24-18)27-16-5-3-4-15(11-16)26-2/h3-5,7,9-11,17,24-25H,6,8,12H2,1-2H3. The molecular formula is C20H22F3NO3. The van der Waals surface area contributed by atoms with Crippen LogP contribution in [0.1, 0.15) is 24.5 Å². The number of nitrogens with one attached hydrogen (secondary N) is 1. The number of ether oxygens (including phenoxy) is 2. The molecule has 0 amide bonds. The minimum atomic E-state index is -4.74. The molecule has 2 N–H and O–H groups in total. The predicted molar refractivity (Wildman–Crippen MR) is 96.3 cm³/mol. The second-order valence-electron chi connectivity index (χ2n) is 6.78. The van der Waals surface area contributed by atoms with Gasteiger partial charge in [-0.1, -0.05) is 18.2 Å². The molecule has 0 spiro atoms. The number of alkyl halides is 3. The van der Waals surface area contributed by atoms with Gasteiger partial charge < -0.3 is 19.9 Å². The van der Waals surface area contributed by atoms with E-state index in [4.69, 9.17) is 9.47 Å². The molecule has 27 heavy (non-hydrogen) atoms. The van der Waals surface area contributed by atoms with Gasteiger partial charge in [-0.15, -0.1) is 0 Å². The molecule has 3 rings (SSSR count). The lowest BCUT2D eigenvalue weighted by molar-refractivity contribution is -0.258. The summed E-state index contributed by atoms with van der Waals surface area (Å²) in [5.74, 6) is 1.36. The third-order valence-electron chi connectivity index (χ3n) is 4.82. The number of halogens is 3. The van der Waals surface area contributed by atoms with Gasteiger partial charge in [-0.25, -0.2) is 0 Å². The Bertz CT molecular complexity index is 805. The molecule has 2 atom stereocenters. The maximum absolute atomic E-state index is 13.1. The Morgan fingerprint density at radius 2 is 1.85 bits per heavy atom. The number of anilines is 1. The Hall–Kier alpha value is -2.41. The molecule has 0 aromatic heterocycles. The van der Waals surface area contributed by atoms with Gasteiger partial charge in [-0.05, 0) is 49.1 Å². The van der Waals surface area contributed by atoms with Gasteiger partial charge in [0.15, 0.2) is 5.60 Å². The highest BCUT2D eigenvalue weighted by molar-refractivity contribution is 5.54. The van der Waals surface area contributed by atoms with Crippen molar-refractivity contribution in [2.75, 3.05) is 19.0 Å². The lowest BCUT2D eigenvalue weighted by Gasteiger charge is -2.27. The molecule has 2 unspecified atom stereocenters. The van der Waals surface area contributed by atoms with Crippen LogP contribution in [0.15, 0.2) is 42.5 Å². The van der Waals surface area contributed by atoms with E-state index in [9.17, 15) is 18.3 Å². The highest BCUT2D eigenvalue weighted by Crippen LogP contribution is 2.40. The van der Waals surface area contributed by atoms with Crippen molar-refractivity contribution in [1.82, 2.24) is 0 Å². The zero-order valence-electron chi connectivity index (χ0n) is 15.1. The van der Waals surface area contributed by atoms with Gasteiger partial charge in [-0.2, -0.15) is 13.2 Å². The Balaban J connectivity index is 1.74. The minimum absolute atomic E-state index is 0.143. The number of benzene rings is 2. The average Bonchev–Trinajstić information content (AvgIpc) is 2.83. The lowest BCUT2D eigenvalue weighted by atomic mass is 9.92. The third-order valence-corrected chi connectivity index (χ3v) is 4.82. The number of hydrogen-bond acceptors (Lipinski definition) is 4. The third kappa shape index (κ3) is 4.13. The maximum atomic E-state index is 13.1. The van der Waals surface area contributed by atoms with Gasteiger partial charge in [0.1, 0.15) is 17.6 Å². The van der Waals surface area contributed by atoms with Gasteiger partial charge in [0.2, 0.25) is 0 Å². The Morgan fingerprint density at radius 3 is 2.56 bits per heavy atom. The number of fused-ring (bicyclic) bond motifs is 1. The first kappa shape index (κ1) is 19.4. The van der Waals surface area contributed by atoms with Crippen LogP contribution in [-0.4, -0.2) is 31.0 Å². The molecule has 2 aromatic rings. The topological polar surface area (TPSA) is 50.7 Å². The van der Waals surface area contributed by atoms with Crippen LogP contribution in [0.5, 0.6) is 11.5 Å². The second-order valence-corrected chi connectivity index (χ2v) is 6.78. The van der Waals surface area contributed by atoms with E-state index in [1.54, 1.807) is 19.2 Å². The minimum Gasteiger partial charge on any atom is -0.497 e. The largest absolute Gasteiger partial charge is 0.497 e. The summed E-state index contributed by atoms with van der Waals surface area (Å²) >= 11 is 0. The van der Waals surface area contributed by atoms with Crippen molar-refractivity contribution in [2.24, 2.45) is 0 Å². The molecule has 146 valence electrons. The summed E-state index contributed by atoms with van der Waals surface area (Å²) in [6.45, 7) is 1.30. The molecule has 4 nitrogen and oxygen atoms in total. The number of hydrogen-bond donors (Lipinski definition) is 2. The van der Waals surface area contributed by atoms with E-state index < -0.39 is 11.8 Å². The number of rotatable bonds is 4. The van der Waals surface area contributed by atoms with Crippen molar-refractivity contribution in [2.45, 2.75) is 37.6 Å². The molecule has 1 heterocycles. The molecule has 0 saturated carbocycles. The Labute approximate surface area is 155 Å². The fourth-order valence-electron chi connectivity index (χ4n) is 3.05. The Kier molecular flexibility index (Phi) is 5.24. The molecule has 0 saturated heterocycles. The summed E-state index contributed by atoms with van der Waals surface area (Å²) in [5, 5.41) is 13.1. The van der Waals surface area contributed by atoms with Crippen LogP contribution in [0.2, 0.25) is 0 Å². The van der Waals surface area contributed by atoms with Crippen LogP contribution >= 0.6 is 0 Å². The molecule has 0 aliphatic carbocycles. The van der Waals surface area contributed by atoms with Gasteiger partial charge >= 0.3 is 6.18 Å². The van der Waals surface area contributed by atoms with Crippen molar-refractivity contribution in [3.05, 3.63) is 53.6 Å².